The molecule has 0 aliphatic heterocycles. The predicted molar refractivity (Wildman–Crippen MR) is 99.4 cm³/mol. The zero-order chi connectivity index (χ0) is 17.3. The van der Waals surface area contributed by atoms with Crippen LogP contribution in [0.2, 0.25) is 0 Å². The molecule has 24 heavy (non-hydrogen) atoms. The molecule has 0 unspecified atom stereocenters. The van der Waals surface area contributed by atoms with Gasteiger partial charge in [-0.15, -0.1) is 0 Å². The first-order chi connectivity index (χ1) is 11.5. The van der Waals surface area contributed by atoms with E-state index in [4.69, 9.17) is 0 Å². The van der Waals surface area contributed by atoms with Gasteiger partial charge in [0.1, 0.15) is 5.52 Å². The Balaban J connectivity index is 1.96. The van der Waals surface area contributed by atoms with Crippen LogP contribution in [0.4, 0.5) is 0 Å². The molecular formula is C18H20BrN3O2. The third-order valence-corrected chi connectivity index (χ3v) is 4.43. The van der Waals surface area contributed by atoms with Crippen LogP contribution >= 0.6 is 15.9 Å². The SMILES string of the molecule is CC(C)NC(=O)CCCn1c(=O)c2cccn2c2ccc(Br)cc21. The van der Waals surface area contributed by atoms with E-state index in [1.807, 2.05) is 54.8 Å². The molecule has 6 heteroatoms. The summed E-state index contributed by atoms with van der Waals surface area (Å²) in [4.78, 5) is 24.6. The van der Waals surface area contributed by atoms with E-state index in [-0.39, 0.29) is 17.5 Å². The maximum Gasteiger partial charge on any atom is 0.275 e. The van der Waals surface area contributed by atoms with E-state index in [2.05, 4.69) is 21.2 Å². The molecule has 0 bridgehead atoms. The van der Waals surface area contributed by atoms with E-state index < -0.39 is 0 Å². The number of nitrogens with zero attached hydrogens (tertiary/aromatic N) is 2. The van der Waals surface area contributed by atoms with E-state index >= 15 is 0 Å². The number of rotatable bonds is 5. The zero-order valence-electron chi connectivity index (χ0n) is 13.8. The van der Waals surface area contributed by atoms with Crippen molar-refractivity contribution in [2.45, 2.75) is 39.3 Å². The Morgan fingerprint density at radius 1 is 1.21 bits per heavy atom. The van der Waals surface area contributed by atoms with Crippen LogP contribution in [0.25, 0.3) is 16.6 Å². The maximum atomic E-state index is 12.8. The van der Waals surface area contributed by atoms with Crippen LogP contribution in [-0.4, -0.2) is 20.9 Å². The number of aromatic nitrogens is 2. The second kappa shape index (κ2) is 6.81. The van der Waals surface area contributed by atoms with Crippen molar-refractivity contribution in [2.75, 3.05) is 0 Å². The number of fused-ring (bicyclic) bond motifs is 3. The third kappa shape index (κ3) is 3.24. The minimum Gasteiger partial charge on any atom is -0.354 e. The fourth-order valence-corrected chi connectivity index (χ4v) is 3.29. The molecule has 0 aliphatic carbocycles. The molecule has 2 aromatic heterocycles. The Hall–Kier alpha value is -2.08. The topological polar surface area (TPSA) is 55.5 Å². The molecule has 0 radical (unpaired) electrons. The summed E-state index contributed by atoms with van der Waals surface area (Å²) in [6.45, 7) is 4.39. The Morgan fingerprint density at radius 3 is 2.75 bits per heavy atom. The highest BCUT2D eigenvalue weighted by Gasteiger charge is 2.11. The molecule has 0 atom stereocenters. The molecule has 1 aromatic carbocycles. The second-order valence-electron chi connectivity index (χ2n) is 6.18. The van der Waals surface area contributed by atoms with Crippen molar-refractivity contribution in [3.63, 3.8) is 0 Å². The molecule has 3 rings (SSSR count). The highest BCUT2D eigenvalue weighted by Crippen LogP contribution is 2.20. The molecule has 0 spiro atoms. The van der Waals surface area contributed by atoms with Gasteiger partial charge in [0.05, 0.1) is 11.0 Å². The Bertz CT molecular complexity index is 956. The lowest BCUT2D eigenvalue weighted by atomic mass is 10.2. The molecule has 0 fully saturated rings. The summed E-state index contributed by atoms with van der Waals surface area (Å²) in [5, 5.41) is 2.88. The molecule has 0 aliphatic rings. The van der Waals surface area contributed by atoms with Crippen molar-refractivity contribution >= 4 is 38.4 Å². The molecule has 1 amide bonds. The number of carbonyl (C=O) groups excluding carboxylic acids is 1. The molecule has 0 saturated heterocycles. The van der Waals surface area contributed by atoms with Crippen LogP contribution in [0.1, 0.15) is 26.7 Å². The Labute approximate surface area is 148 Å². The molecule has 2 heterocycles. The van der Waals surface area contributed by atoms with Crippen LogP contribution < -0.4 is 10.9 Å². The van der Waals surface area contributed by atoms with Gasteiger partial charge in [-0.3, -0.25) is 9.59 Å². The van der Waals surface area contributed by atoms with E-state index in [9.17, 15) is 9.59 Å². The summed E-state index contributed by atoms with van der Waals surface area (Å²) in [7, 11) is 0. The normalized spacial score (nSPS) is 11.5. The monoisotopic (exact) mass is 389 g/mol. The van der Waals surface area contributed by atoms with Crippen LogP contribution in [-0.2, 0) is 11.3 Å². The van der Waals surface area contributed by atoms with E-state index in [1.54, 1.807) is 4.57 Å². The molecule has 5 nitrogen and oxygen atoms in total. The number of carbonyl (C=O) groups is 1. The third-order valence-electron chi connectivity index (χ3n) is 3.94. The van der Waals surface area contributed by atoms with Crippen molar-refractivity contribution in [2.24, 2.45) is 0 Å². The molecule has 0 saturated carbocycles. The van der Waals surface area contributed by atoms with Gasteiger partial charge in [-0.1, -0.05) is 15.9 Å². The summed E-state index contributed by atoms with van der Waals surface area (Å²) in [5.74, 6) is 0.0206. The first kappa shape index (κ1) is 16.8. The maximum absolute atomic E-state index is 12.8. The summed E-state index contributed by atoms with van der Waals surface area (Å²) < 4.78 is 4.59. The van der Waals surface area contributed by atoms with Crippen LogP contribution in [0, 0.1) is 0 Å². The van der Waals surface area contributed by atoms with Crippen LogP contribution in [0.5, 0.6) is 0 Å². The average molecular weight is 390 g/mol. The number of halogens is 1. The molecule has 126 valence electrons. The van der Waals surface area contributed by atoms with Gasteiger partial charge in [-0.25, -0.2) is 0 Å². The Kier molecular flexibility index (Phi) is 4.76. The lowest BCUT2D eigenvalue weighted by Gasteiger charge is -2.13. The van der Waals surface area contributed by atoms with E-state index in [1.165, 1.54) is 0 Å². The first-order valence-electron chi connectivity index (χ1n) is 8.06. The number of hydrogen-bond donors (Lipinski definition) is 1. The first-order valence-corrected chi connectivity index (χ1v) is 8.85. The van der Waals surface area contributed by atoms with E-state index in [0.29, 0.717) is 24.9 Å². The molecule has 3 aromatic rings. The van der Waals surface area contributed by atoms with Gasteiger partial charge in [-0.2, -0.15) is 0 Å². The lowest BCUT2D eigenvalue weighted by Crippen LogP contribution is -2.30. The predicted octanol–water partition coefficient (Wildman–Crippen LogP) is 3.32. The van der Waals surface area contributed by atoms with Gasteiger partial charge in [0.15, 0.2) is 0 Å². The van der Waals surface area contributed by atoms with Gasteiger partial charge in [0.2, 0.25) is 5.91 Å². The summed E-state index contributed by atoms with van der Waals surface area (Å²) >= 11 is 3.48. The van der Waals surface area contributed by atoms with E-state index in [0.717, 1.165) is 15.5 Å². The van der Waals surface area contributed by atoms with Gasteiger partial charge >= 0.3 is 0 Å². The van der Waals surface area contributed by atoms with Crippen molar-refractivity contribution in [1.29, 1.82) is 0 Å². The quantitative estimate of drug-likeness (QED) is 0.727. The highest BCUT2D eigenvalue weighted by atomic mass is 79.9. The summed E-state index contributed by atoms with van der Waals surface area (Å²) in [6.07, 6.45) is 2.93. The van der Waals surface area contributed by atoms with Crippen LogP contribution in [0.15, 0.2) is 45.8 Å². The summed E-state index contributed by atoms with van der Waals surface area (Å²) in [6, 6.07) is 9.74. The second-order valence-corrected chi connectivity index (χ2v) is 7.09. The number of aryl methyl sites for hydroxylation is 1. The largest absolute Gasteiger partial charge is 0.354 e. The van der Waals surface area contributed by atoms with Crippen molar-refractivity contribution in [3.8, 4) is 0 Å². The fourth-order valence-electron chi connectivity index (χ4n) is 2.94. The number of hydrogen-bond acceptors (Lipinski definition) is 2. The summed E-state index contributed by atoms with van der Waals surface area (Å²) in [5.41, 5.74) is 2.46. The standard InChI is InChI=1S/C18H20BrN3O2/c1-12(2)20-17(23)6-4-10-22-16-11-13(19)7-8-14(16)21-9-3-5-15(21)18(22)24/h3,5,7-9,11-12H,4,6,10H2,1-2H3,(H,20,23). The van der Waals surface area contributed by atoms with Crippen LogP contribution in [0.3, 0.4) is 0 Å². The number of amides is 1. The van der Waals surface area contributed by atoms with Crippen molar-refractivity contribution < 1.29 is 4.79 Å². The zero-order valence-corrected chi connectivity index (χ0v) is 15.3. The Morgan fingerprint density at radius 2 is 2.00 bits per heavy atom. The molecular weight excluding hydrogens is 370 g/mol. The fraction of sp³-hybridized carbons (Fsp3) is 0.333. The van der Waals surface area contributed by atoms with Crippen molar-refractivity contribution in [1.82, 2.24) is 14.3 Å². The minimum atomic E-state index is -0.0325. The van der Waals surface area contributed by atoms with Gasteiger partial charge in [-0.05, 0) is 50.6 Å². The van der Waals surface area contributed by atoms with Gasteiger partial charge < -0.3 is 14.3 Å². The van der Waals surface area contributed by atoms with Gasteiger partial charge in [0, 0.05) is 29.7 Å². The number of nitrogens with one attached hydrogen (secondary N) is 1. The number of benzene rings is 1. The lowest BCUT2D eigenvalue weighted by molar-refractivity contribution is -0.121. The minimum absolute atomic E-state index is 0.0206. The smallest absolute Gasteiger partial charge is 0.275 e. The van der Waals surface area contributed by atoms with Crippen molar-refractivity contribution in [3.05, 3.63) is 51.4 Å². The van der Waals surface area contributed by atoms with Gasteiger partial charge in [0.25, 0.3) is 5.56 Å². The molecule has 1 N–H and O–H groups in total. The highest BCUT2D eigenvalue weighted by molar-refractivity contribution is 9.10. The average Bonchev–Trinajstić information content (AvgIpc) is 2.99.